The summed E-state index contributed by atoms with van der Waals surface area (Å²) in [4.78, 5) is 11.7. The lowest BCUT2D eigenvalue weighted by atomic mass is 10.3. The first-order valence-electron chi connectivity index (χ1n) is 6.80. The van der Waals surface area contributed by atoms with Crippen molar-refractivity contribution in [1.82, 2.24) is 9.78 Å². The van der Waals surface area contributed by atoms with Crippen molar-refractivity contribution in [2.45, 2.75) is 12.6 Å². The maximum absolute atomic E-state index is 11.7. The Morgan fingerprint density at radius 3 is 2.78 bits per heavy atom. The molecule has 0 aliphatic heterocycles. The lowest BCUT2D eigenvalue weighted by molar-refractivity contribution is 0.0875. The van der Waals surface area contributed by atoms with E-state index >= 15 is 0 Å². The Morgan fingerprint density at radius 2 is 2.09 bits per heavy atom. The van der Waals surface area contributed by atoms with Gasteiger partial charge in [-0.15, -0.1) is 5.10 Å². The van der Waals surface area contributed by atoms with Crippen LogP contribution < -0.4 is 10.5 Å². The second-order valence-electron chi connectivity index (χ2n) is 4.75. The Kier molecular flexibility index (Phi) is 4.50. The topological polar surface area (TPSA) is 90.6 Å². The monoisotopic (exact) mass is 336 g/mol. The zero-order valence-corrected chi connectivity index (χ0v) is 12.6. The Labute approximate surface area is 135 Å². The standard InChI is InChI=1S/C15H13ClN2O5/c16-10-3-5-12(6-4-10)22-9-11(19)8-18-15(20)23-14(17-18)13-2-1-7-21-13/h1-7,11,19H,8-9H2. The summed E-state index contributed by atoms with van der Waals surface area (Å²) in [7, 11) is 0. The molecule has 1 atom stereocenters. The third kappa shape index (κ3) is 3.82. The number of benzene rings is 1. The number of aliphatic hydroxyl groups excluding tert-OH is 1. The maximum Gasteiger partial charge on any atom is 0.437 e. The molecule has 0 radical (unpaired) electrons. The summed E-state index contributed by atoms with van der Waals surface area (Å²) in [6, 6.07) is 10.0. The van der Waals surface area contributed by atoms with Gasteiger partial charge in [-0.25, -0.2) is 4.79 Å². The fourth-order valence-electron chi connectivity index (χ4n) is 1.90. The van der Waals surface area contributed by atoms with E-state index in [-0.39, 0.29) is 19.0 Å². The van der Waals surface area contributed by atoms with Crippen molar-refractivity contribution < 1.29 is 18.7 Å². The number of hydrogen-bond donors (Lipinski definition) is 1. The molecule has 0 aliphatic carbocycles. The largest absolute Gasteiger partial charge is 0.491 e. The van der Waals surface area contributed by atoms with Gasteiger partial charge in [0.1, 0.15) is 18.5 Å². The van der Waals surface area contributed by atoms with Crippen LogP contribution in [0.4, 0.5) is 0 Å². The molecule has 0 aliphatic rings. The number of aromatic nitrogens is 2. The van der Waals surface area contributed by atoms with Crippen molar-refractivity contribution in [2.24, 2.45) is 0 Å². The van der Waals surface area contributed by atoms with Gasteiger partial charge in [0.2, 0.25) is 0 Å². The Bertz CT molecular complexity index is 807. The molecular weight excluding hydrogens is 324 g/mol. The fourth-order valence-corrected chi connectivity index (χ4v) is 2.02. The molecule has 0 saturated heterocycles. The Hall–Kier alpha value is -2.51. The van der Waals surface area contributed by atoms with Crippen LogP contribution >= 0.6 is 11.6 Å². The Morgan fingerprint density at radius 1 is 1.30 bits per heavy atom. The van der Waals surface area contributed by atoms with Crippen LogP contribution in [0.5, 0.6) is 5.75 Å². The number of ether oxygens (including phenoxy) is 1. The minimum Gasteiger partial charge on any atom is -0.491 e. The molecule has 0 saturated carbocycles. The number of aliphatic hydroxyl groups is 1. The van der Waals surface area contributed by atoms with Crippen molar-refractivity contribution in [2.75, 3.05) is 6.61 Å². The van der Waals surface area contributed by atoms with Crippen molar-refractivity contribution in [3.8, 4) is 17.4 Å². The smallest absolute Gasteiger partial charge is 0.437 e. The van der Waals surface area contributed by atoms with Gasteiger partial charge in [0.25, 0.3) is 5.89 Å². The average molecular weight is 337 g/mol. The molecule has 2 heterocycles. The molecule has 120 valence electrons. The summed E-state index contributed by atoms with van der Waals surface area (Å²) in [5.41, 5.74) is 0. The summed E-state index contributed by atoms with van der Waals surface area (Å²) in [5.74, 6) is 0.290. The third-order valence-corrected chi connectivity index (χ3v) is 3.23. The van der Waals surface area contributed by atoms with Gasteiger partial charge in [0, 0.05) is 5.02 Å². The van der Waals surface area contributed by atoms with E-state index in [1.54, 1.807) is 36.4 Å². The molecule has 1 unspecified atom stereocenters. The molecule has 0 amide bonds. The molecule has 0 fully saturated rings. The summed E-state index contributed by atoms with van der Waals surface area (Å²) >= 11 is 5.77. The molecule has 3 aromatic rings. The van der Waals surface area contributed by atoms with E-state index in [1.165, 1.54) is 6.26 Å². The first kappa shape index (κ1) is 15.4. The molecular formula is C15H13ClN2O5. The molecule has 2 aromatic heterocycles. The number of nitrogens with zero attached hydrogens (tertiary/aromatic N) is 2. The van der Waals surface area contributed by atoms with E-state index in [4.69, 9.17) is 25.2 Å². The molecule has 8 heteroatoms. The fraction of sp³-hybridized carbons (Fsp3) is 0.200. The van der Waals surface area contributed by atoms with Crippen LogP contribution in [0, 0.1) is 0 Å². The molecule has 0 bridgehead atoms. The molecule has 1 N–H and O–H groups in total. The summed E-state index contributed by atoms with van der Waals surface area (Å²) in [6.45, 7) is -0.0619. The van der Waals surface area contributed by atoms with Crippen LogP contribution in [0.25, 0.3) is 11.7 Å². The Balaban J connectivity index is 1.60. The minimum absolute atomic E-state index is 0.00296. The van der Waals surface area contributed by atoms with Crippen molar-refractivity contribution >= 4 is 11.6 Å². The van der Waals surface area contributed by atoms with E-state index in [0.717, 1.165) is 4.68 Å². The zero-order chi connectivity index (χ0) is 16.2. The van der Waals surface area contributed by atoms with Crippen molar-refractivity contribution in [1.29, 1.82) is 0 Å². The first-order valence-corrected chi connectivity index (χ1v) is 7.18. The highest BCUT2D eigenvalue weighted by Gasteiger charge is 2.15. The second kappa shape index (κ2) is 6.72. The van der Waals surface area contributed by atoms with Gasteiger partial charge in [-0.05, 0) is 36.4 Å². The molecule has 3 rings (SSSR count). The average Bonchev–Trinajstić information content (AvgIpc) is 3.17. The predicted molar refractivity (Wildman–Crippen MR) is 81.4 cm³/mol. The number of hydrogen-bond acceptors (Lipinski definition) is 6. The van der Waals surface area contributed by atoms with E-state index in [0.29, 0.717) is 16.5 Å². The molecule has 7 nitrogen and oxygen atoms in total. The van der Waals surface area contributed by atoms with Gasteiger partial charge in [-0.2, -0.15) is 4.68 Å². The first-order chi connectivity index (χ1) is 11.1. The zero-order valence-electron chi connectivity index (χ0n) is 11.9. The summed E-state index contributed by atoms with van der Waals surface area (Å²) in [5, 5.41) is 14.5. The number of halogens is 1. The van der Waals surface area contributed by atoms with Gasteiger partial charge in [-0.3, -0.25) is 0 Å². The lowest BCUT2D eigenvalue weighted by Crippen LogP contribution is -2.29. The van der Waals surface area contributed by atoms with Gasteiger partial charge in [0.15, 0.2) is 5.76 Å². The van der Waals surface area contributed by atoms with Crippen molar-refractivity contribution in [3.05, 3.63) is 58.2 Å². The van der Waals surface area contributed by atoms with Crippen LogP contribution in [0.1, 0.15) is 0 Å². The lowest BCUT2D eigenvalue weighted by Gasteiger charge is -2.11. The predicted octanol–water partition coefficient (Wildman–Crippen LogP) is 2.19. The number of furan rings is 1. The van der Waals surface area contributed by atoms with Gasteiger partial charge in [0.05, 0.1) is 12.8 Å². The molecule has 0 spiro atoms. The van der Waals surface area contributed by atoms with E-state index in [1.807, 2.05) is 0 Å². The highest BCUT2D eigenvalue weighted by molar-refractivity contribution is 6.30. The van der Waals surface area contributed by atoms with Crippen LogP contribution in [0.2, 0.25) is 5.02 Å². The SMILES string of the molecule is O=c1oc(-c2ccco2)nn1CC(O)COc1ccc(Cl)cc1. The third-order valence-electron chi connectivity index (χ3n) is 2.98. The van der Waals surface area contributed by atoms with Gasteiger partial charge < -0.3 is 18.7 Å². The molecule has 1 aromatic carbocycles. The molecule has 23 heavy (non-hydrogen) atoms. The maximum atomic E-state index is 11.7. The van der Waals surface area contributed by atoms with Crippen LogP contribution in [0.3, 0.4) is 0 Å². The van der Waals surface area contributed by atoms with Gasteiger partial charge >= 0.3 is 5.76 Å². The second-order valence-corrected chi connectivity index (χ2v) is 5.19. The summed E-state index contributed by atoms with van der Waals surface area (Å²) < 4.78 is 16.5. The normalized spacial score (nSPS) is 12.3. The van der Waals surface area contributed by atoms with E-state index < -0.39 is 11.9 Å². The van der Waals surface area contributed by atoms with Crippen LogP contribution in [-0.4, -0.2) is 27.6 Å². The highest BCUT2D eigenvalue weighted by atomic mass is 35.5. The summed E-state index contributed by atoms with van der Waals surface area (Å²) in [6.07, 6.45) is 0.515. The van der Waals surface area contributed by atoms with Crippen LogP contribution in [-0.2, 0) is 6.54 Å². The quantitative estimate of drug-likeness (QED) is 0.742. The van der Waals surface area contributed by atoms with E-state index in [2.05, 4.69) is 5.10 Å². The van der Waals surface area contributed by atoms with Crippen LogP contribution in [0.15, 0.2) is 56.3 Å². The van der Waals surface area contributed by atoms with Gasteiger partial charge in [-0.1, -0.05) is 11.6 Å². The van der Waals surface area contributed by atoms with Crippen molar-refractivity contribution in [3.63, 3.8) is 0 Å². The highest BCUT2D eigenvalue weighted by Crippen LogP contribution is 2.16. The van der Waals surface area contributed by atoms with E-state index in [9.17, 15) is 9.90 Å². The number of rotatable bonds is 6. The minimum atomic E-state index is -0.932.